The quantitative estimate of drug-likeness (QED) is 0.908. The monoisotopic (exact) mass is 309 g/mol. The number of anilines is 1. The number of para-hydroxylation sites is 1. The van der Waals surface area contributed by atoms with Crippen LogP contribution in [0.1, 0.15) is 12.8 Å². The first-order valence-electron chi connectivity index (χ1n) is 7.62. The number of nitrogens with one attached hydrogen (secondary N) is 1. The number of amides is 2. The second-order valence-electron chi connectivity index (χ2n) is 5.75. The molecule has 1 saturated heterocycles. The van der Waals surface area contributed by atoms with Gasteiger partial charge in [-0.05, 0) is 39.1 Å². The molecule has 1 N–H and O–H groups in total. The third-order valence-electron chi connectivity index (χ3n) is 3.80. The summed E-state index contributed by atoms with van der Waals surface area (Å²) in [6.45, 7) is 2.70. The molecule has 1 heterocycles. The Hall–Kier alpha value is -1.66. The molecule has 0 bridgehead atoms. The molecule has 1 aliphatic rings. The Morgan fingerprint density at radius 3 is 2.59 bits per heavy atom. The van der Waals surface area contributed by atoms with E-state index < -0.39 is 5.82 Å². The molecule has 1 aromatic rings. The predicted molar refractivity (Wildman–Crippen MR) is 84.5 cm³/mol. The van der Waals surface area contributed by atoms with E-state index in [0.717, 1.165) is 19.4 Å². The average molecular weight is 309 g/mol. The first kappa shape index (κ1) is 16.7. The molecule has 6 heteroatoms. The van der Waals surface area contributed by atoms with E-state index in [9.17, 15) is 9.18 Å². The molecule has 1 fully saturated rings. The molecule has 122 valence electrons. The molecule has 0 spiro atoms. The van der Waals surface area contributed by atoms with Gasteiger partial charge in [-0.15, -0.1) is 0 Å². The highest BCUT2D eigenvalue weighted by molar-refractivity contribution is 5.89. The highest BCUT2D eigenvalue weighted by Gasteiger charge is 2.26. The molecule has 5 nitrogen and oxygen atoms in total. The average Bonchev–Trinajstić information content (AvgIpc) is 2.50. The minimum atomic E-state index is -0.421. The number of likely N-dealkylation sites (N-methyl/N-ethyl adjacent to an activating group) is 1. The van der Waals surface area contributed by atoms with Crippen LogP contribution in [0.25, 0.3) is 0 Å². The minimum absolute atomic E-state index is 0.139. The van der Waals surface area contributed by atoms with Crippen LogP contribution in [-0.2, 0) is 4.74 Å². The summed E-state index contributed by atoms with van der Waals surface area (Å²) >= 11 is 0. The van der Waals surface area contributed by atoms with Crippen LogP contribution in [0.5, 0.6) is 0 Å². The molecule has 22 heavy (non-hydrogen) atoms. The summed E-state index contributed by atoms with van der Waals surface area (Å²) in [6, 6.07) is 6.11. The van der Waals surface area contributed by atoms with Crippen LogP contribution >= 0.6 is 0 Å². The van der Waals surface area contributed by atoms with Gasteiger partial charge in [0, 0.05) is 32.3 Å². The fraction of sp³-hybridized carbons (Fsp3) is 0.562. The maximum atomic E-state index is 13.7. The van der Waals surface area contributed by atoms with Crippen LogP contribution in [0.4, 0.5) is 14.9 Å². The molecule has 0 atom stereocenters. The van der Waals surface area contributed by atoms with Crippen LogP contribution in [0.2, 0.25) is 0 Å². The van der Waals surface area contributed by atoms with E-state index in [2.05, 4.69) is 5.32 Å². The highest BCUT2D eigenvalue weighted by Crippen LogP contribution is 2.18. The number of carbonyl (C=O) groups is 1. The van der Waals surface area contributed by atoms with Crippen molar-refractivity contribution in [3.05, 3.63) is 30.1 Å². The van der Waals surface area contributed by atoms with Gasteiger partial charge < -0.3 is 19.9 Å². The van der Waals surface area contributed by atoms with Crippen molar-refractivity contribution in [2.24, 2.45) is 0 Å². The largest absolute Gasteiger partial charge is 0.381 e. The Morgan fingerprint density at radius 2 is 1.95 bits per heavy atom. The van der Waals surface area contributed by atoms with E-state index in [1.807, 2.05) is 19.0 Å². The van der Waals surface area contributed by atoms with Gasteiger partial charge in [-0.3, -0.25) is 0 Å². The van der Waals surface area contributed by atoms with Crippen molar-refractivity contribution < 1.29 is 13.9 Å². The molecule has 2 amide bonds. The Labute approximate surface area is 131 Å². The number of hydrogen-bond donors (Lipinski definition) is 1. The third kappa shape index (κ3) is 4.68. The normalized spacial score (nSPS) is 15.8. The lowest BCUT2D eigenvalue weighted by molar-refractivity contribution is 0.0465. The van der Waals surface area contributed by atoms with E-state index in [1.165, 1.54) is 6.07 Å². The number of urea groups is 1. The van der Waals surface area contributed by atoms with Crippen LogP contribution in [-0.4, -0.2) is 62.3 Å². The van der Waals surface area contributed by atoms with Gasteiger partial charge in [0.25, 0.3) is 0 Å². The lowest BCUT2D eigenvalue weighted by atomic mass is 10.1. The number of carbonyl (C=O) groups excluding carboxylic acids is 1. The summed E-state index contributed by atoms with van der Waals surface area (Å²) in [5.41, 5.74) is 0.217. The smallest absolute Gasteiger partial charge is 0.322 e. The molecule has 0 aliphatic carbocycles. The summed E-state index contributed by atoms with van der Waals surface area (Å²) in [5, 5.41) is 2.68. The SMILES string of the molecule is CN(C)CCN(C(=O)Nc1ccccc1F)C1CCOCC1. The van der Waals surface area contributed by atoms with Crippen molar-refractivity contribution in [3.63, 3.8) is 0 Å². The molecule has 0 aromatic heterocycles. The molecule has 1 aromatic carbocycles. The second-order valence-corrected chi connectivity index (χ2v) is 5.75. The molecule has 0 radical (unpaired) electrons. The summed E-state index contributed by atoms with van der Waals surface area (Å²) in [4.78, 5) is 16.4. The van der Waals surface area contributed by atoms with E-state index >= 15 is 0 Å². The van der Waals surface area contributed by atoms with Crippen LogP contribution in [0, 0.1) is 5.82 Å². The molecular weight excluding hydrogens is 285 g/mol. The van der Waals surface area contributed by atoms with Crippen molar-refractivity contribution >= 4 is 11.7 Å². The predicted octanol–water partition coefficient (Wildman–Crippen LogP) is 2.40. The van der Waals surface area contributed by atoms with Crippen LogP contribution in [0.15, 0.2) is 24.3 Å². The van der Waals surface area contributed by atoms with Gasteiger partial charge in [-0.2, -0.15) is 0 Å². The lowest BCUT2D eigenvalue weighted by Crippen LogP contribution is -2.48. The Bertz CT molecular complexity index is 490. The summed E-state index contributed by atoms with van der Waals surface area (Å²) < 4.78 is 19.1. The molecule has 2 rings (SSSR count). The molecular formula is C16H24FN3O2. The fourth-order valence-corrected chi connectivity index (χ4v) is 2.50. The summed E-state index contributed by atoms with van der Waals surface area (Å²) in [6.07, 6.45) is 1.64. The summed E-state index contributed by atoms with van der Waals surface area (Å²) in [7, 11) is 3.94. The van der Waals surface area contributed by atoms with Gasteiger partial charge in [0.15, 0.2) is 0 Å². The highest BCUT2D eigenvalue weighted by atomic mass is 19.1. The lowest BCUT2D eigenvalue weighted by Gasteiger charge is -2.35. The Kier molecular flexibility index (Phi) is 6.15. The maximum Gasteiger partial charge on any atom is 0.322 e. The molecule has 1 aliphatic heterocycles. The van der Waals surface area contributed by atoms with E-state index in [4.69, 9.17) is 4.74 Å². The van der Waals surface area contributed by atoms with Gasteiger partial charge >= 0.3 is 6.03 Å². The standard InChI is InChI=1S/C16H24FN3O2/c1-19(2)9-10-20(13-7-11-22-12-8-13)16(21)18-15-6-4-3-5-14(15)17/h3-6,13H,7-12H2,1-2H3,(H,18,21). The first-order chi connectivity index (χ1) is 10.6. The second kappa shape index (κ2) is 8.10. The number of benzene rings is 1. The van der Waals surface area contributed by atoms with Crippen molar-refractivity contribution in [3.8, 4) is 0 Å². The molecule has 0 unspecified atom stereocenters. The maximum absolute atomic E-state index is 13.7. The van der Waals surface area contributed by atoms with E-state index in [-0.39, 0.29) is 17.8 Å². The van der Waals surface area contributed by atoms with Gasteiger partial charge in [0.05, 0.1) is 5.69 Å². The third-order valence-corrected chi connectivity index (χ3v) is 3.80. The van der Waals surface area contributed by atoms with Crippen LogP contribution < -0.4 is 5.32 Å². The van der Waals surface area contributed by atoms with Gasteiger partial charge in [0.1, 0.15) is 5.82 Å². The number of hydrogen-bond acceptors (Lipinski definition) is 3. The van der Waals surface area contributed by atoms with E-state index in [0.29, 0.717) is 19.8 Å². The zero-order valence-corrected chi connectivity index (χ0v) is 13.2. The number of ether oxygens (including phenoxy) is 1. The Balaban J connectivity index is 2.05. The van der Waals surface area contributed by atoms with Gasteiger partial charge in [-0.25, -0.2) is 9.18 Å². The van der Waals surface area contributed by atoms with Crippen molar-refractivity contribution in [2.45, 2.75) is 18.9 Å². The van der Waals surface area contributed by atoms with Crippen molar-refractivity contribution in [1.82, 2.24) is 9.80 Å². The minimum Gasteiger partial charge on any atom is -0.381 e. The zero-order valence-electron chi connectivity index (χ0n) is 13.2. The molecule has 0 saturated carbocycles. The van der Waals surface area contributed by atoms with Crippen molar-refractivity contribution in [2.75, 3.05) is 45.7 Å². The van der Waals surface area contributed by atoms with Crippen LogP contribution in [0.3, 0.4) is 0 Å². The number of rotatable bonds is 5. The zero-order chi connectivity index (χ0) is 15.9. The topological polar surface area (TPSA) is 44.8 Å². The number of nitrogens with zero attached hydrogens (tertiary/aromatic N) is 2. The number of halogens is 1. The first-order valence-corrected chi connectivity index (χ1v) is 7.62. The van der Waals surface area contributed by atoms with Crippen molar-refractivity contribution in [1.29, 1.82) is 0 Å². The summed E-state index contributed by atoms with van der Waals surface area (Å²) in [5.74, 6) is -0.421. The van der Waals surface area contributed by atoms with E-state index in [1.54, 1.807) is 23.1 Å². The fourth-order valence-electron chi connectivity index (χ4n) is 2.50. The van der Waals surface area contributed by atoms with Gasteiger partial charge in [-0.1, -0.05) is 12.1 Å². The Morgan fingerprint density at radius 1 is 1.27 bits per heavy atom. The van der Waals surface area contributed by atoms with Gasteiger partial charge in [0.2, 0.25) is 0 Å².